The molecule has 0 aliphatic heterocycles. The topological polar surface area (TPSA) is 54.1 Å². The normalized spacial score (nSPS) is 11.9. The number of aromatic amines is 1. The molecule has 4 nitrogen and oxygen atoms in total. The van der Waals surface area contributed by atoms with E-state index >= 15 is 0 Å². The molecule has 3 aromatic carbocycles. The van der Waals surface area contributed by atoms with Crippen LogP contribution in [0.3, 0.4) is 0 Å². The van der Waals surface area contributed by atoms with E-state index in [1.54, 1.807) is 0 Å². The quantitative estimate of drug-likeness (QED) is 0.355. The lowest BCUT2D eigenvalue weighted by Gasteiger charge is -2.18. The van der Waals surface area contributed by atoms with Gasteiger partial charge in [-0.15, -0.1) is 0 Å². The van der Waals surface area contributed by atoms with Crippen LogP contribution in [0.2, 0.25) is 5.02 Å². The second-order valence-electron chi connectivity index (χ2n) is 7.46. The highest BCUT2D eigenvalue weighted by atomic mass is 35.5. The Morgan fingerprint density at radius 3 is 2.58 bits per heavy atom. The van der Waals surface area contributed by atoms with Gasteiger partial charge in [-0.05, 0) is 53.9 Å². The van der Waals surface area contributed by atoms with Crippen molar-refractivity contribution in [1.29, 1.82) is 0 Å². The number of rotatable bonds is 8. The van der Waals surface area contributed by atoms with Crippen LogP contribution in [0, 0.1) is 0 Å². The number of ether oxygens (including phenoxy) is 1. The van der Waals surface area contributed by atoms with Crippen molar-refractivity contribution in [3.05, 3.63) is 101 Å². The minimum absolute atomic E-state index is 0.000819. The Morgan fingerprint density at radius 1 is 1.06 bits per heavy atom. The summed E-state index contributed by atoms with van der Waals surface area (Å²) in [6, 6.07) is 23.7. The van der Waals surface area contributed by atoms with Gasteiger partial charge in [-0.25, -0.2) is 0 Å². The van der Waals surface area contributed by atoms with Gasteiger partial charge < -0.3 is 15.0 Å². The first-order chi connectivity index (χ1) is 15.1. The van der Waals surface area contributed by atoms with Crippen molar-refractivity contribution in [2.24, 2.45) is 0 Å². The van der Waals surface area contributed by atoms with Crippen LogP contribution in [-0.2, 0) is 11.3 Å². The van der Waals surface area contributed by atoms with Gasteiger partial charge in [0.1, 0.15) is 5.75 Å². The van der Waals surface area contributed by atoms with E-state index in [1.165, 1.54) is 0 Å². The molecule has 0 bridgehead atoms. The number of hydrogen-bond acceptors (Lipinski definition) is 2. The van der Waals surface area contributed by atoms with E-state index in [0.717, 1.165) is 33.3 Å². The number of aromatic nitrogens is 1. The molecule has 158 valence electrons. The molecule has 0 saturated heterocycles. The van der Waals surface area contributed by atoms with Crippen LogP contribution in [0.1, 0.15) is 36.0 Å². The zero-order chi connectivity index (χ0) is 21.6. The highest BCUT2D eigenvalue weighted by Crippen LogP contribution is 2.35. The molecule has 1 atom stereocenters. The van der Waals surface area contributed by atoms with Crippen LogP contribution in [0.5, 0.6) is 5.75 Å². The van der Waals surface area contributed by atoms with E-state index in [9.17, 15) is 4.79 Å². The summed E-state index contributed by atoms with van der Waals surface area (Å²) in [4.78, 5) is 16.2. The second-order valence-corrected chi connectivity index (χ2v) is 7.89. The Bertz CT molecular complexity index is 1150. The first-order valence-corrected chi connectivity index (χ1v) is 10.8. The molecule has 0 unspecified atom stereocenters. The van der Waals surface area contributed by atoms with E-state index in [-0.39, 0.29) is 11.8 Å². The van der Waals surface area contributed by atoms with Crippen molar-refractivity contribution in [2.75, 3.05) is 6.61 Å². The van der Waals surface area contributed by atoms with Crippen molar-refractivity contribution >= 4 is 28.4 Å². The lowest BCUT2D eigenvalue weighted by atomic mass is 9.88. The van der Waals surface area contributed by atoms with Crippen molar-refractivity contribution in [1.82, 2.24) is 10.3 Å². The van der Waals surface area contributed by atoms with Gasteiger partial charge in [0.2, 0.25) is 5.91 Å². The van der Waals surface area contributed by atoms with Gasteiger partial charge in [-0.2, -0.15) is 0 Å². The third-order valence-corrected chi connectivity index (χ3v) is 5.60. The summed E-state index contributed by atoms with van der Waals surface area (Å²) in [5.41, 5.74) is 4.18. The zero-order valence-electron chi connectivity index (χ0n) is 17.4. The number of carbonyl (C=O) groups is 1. The van der Waals surface area contributed by atoms with Crippen LogP contribution < -0.4 is 10.1 Å². The summed E-state index contributed by atoms with van der Waals surface area (Å²) in [6.45, 7) is 3.09. The molecule has 0 aliphatic carbocycles. The van der Waals surface area contributed by atoms with Crippen LogP contribution in [-0.4, -0.2) is 17.5 Å². The van der Waals surface area contributed by atoms with E-state index in [2.05, 4.69) is 10.3 Å². The van der Waals surface area contributed by atoms with Crippen molar-refractivity contribution in [3.8, 4) is 5.75 Å². The average Bonchev–Trinajstić information content (AvgIpc) is 3.20. The summed E-state index contributed by atoms with van der Waals surface area (Å²) in [5, 5.41) is 4.76. The van der Waals surface area contributed by atoms with E-state index < -0.39 is 0 Å². The SMILES string of the molecule is CCOc1ccc([C@H](CC(=O)NCc2ccccc2)c2c[nH]c3ccc(Cl)cc23)cc1. The molecular weight excluding hydrogens is 408 g/mol. The molecule has 2 N–H and O–H groups in total. The van der Waals surface area contributed by atoms with Crippen molar-refractivity contribution in [3.63, 3.8) is 0 Å². The number of carbonyl (C=O) groups excluding carboxylic acids is 1. The molecule has 0 radical (unpaired) electrons. The highest BCUT2D eigenvalue weighted by molar-refractivity contribution is 6.31. The fourth-order valence-electron chi connectivity index (χ4n) is 3.83. The molecule has 4 rings (SSSR count). The molecule has 1 aromatic heterocycles. The third kappa shape index (κ3) is 5.09. The Kier molecular flexibility index (Phi) is 6.58. The third-order valence-electron chi connectivity index (χ3n) is 5.37. The van der Waals surface area contributed by atoms with Gasteiger partial charge in [0.05, 0.1) is 6.61 Å². The fraction of sp³-hybridized carbons (Fsp3) is 0.192. The van der Waals surface area contributed by atoms with Gasteiger partial charge in [0.25, 0.3) is 0 Å². The summed E-state index contributed by atoms with van der Waals surface area (Å²) >= 11 is 6.27. The zero-order valence-corrected chi connectivity index (χ0v) is 18.2. The van der Waals surface area contributed by atoms with Gasteiger partial charge >= 0.3 is 0 Å². The Hall–Kier alpha value is -3.24. The monoisotopic (exact) mass is 432 g/mol. The predicted octanol–water partition coefficient (Wildman–Crippen LogP) is 6.06. The maximum Gasteiger partial charge on any atom is 0.221 e. The summed E-state index contributed by atoms with van der Waals surface area (Å²) in [6.07, 6.45) is 2.31. The lowest BCUT2D eigenvalue weighted by Crippen LogP contribution is -2.25. The summed E-state index contributed by atoms with van der Waals surface area (Å²) in [7, 11) is 0. The van der Waals surface area contributed by atoms with Crippen LogP contribution in [0.15, 0.2) is 79.0 Å². The molecule has 0 saturated carbocycles. The van der Waals surface area contributed by atoms with E-state index in [0.29, 0.717) is 24.6 Å². The van der Waals surface area contributed by atoms with Crippen LogP contribution in [0.25, 0.3) is 10.9 Å². The minimum atomic E-state index is -0.112. The second kappa shape index (κ2) is 9.71. The van der Waals surface area contributed by atoms with Gasteiger partial charge in [0.15, 0.2) is 0 Å². The van der Waals surface area contributed by atoms with E-state index in [1.807, 2.05) is 85.9 Å². The first kappa shape index (κ1) is 21.0. The largest absolute Gasteiger partial charge is 0.494 e. The number of amides is 1. The standard InChI is InChI=1S/C26H25ClN2O2/c1-2-31-21-11-8-19(9-12-21)22(15-26(30)29-16-18-6-4-3-5-7-18)24-17-28-25-13-10-20(27)14-23(24)25/h3-14,17,22,28H,2,15-16H2,1H3,(H,29,30)/t22-/m0/s1. The van der Waals surface area contributed by atoms with Gasteiger partial charge in [-0.1, -0.05) is 54.1 Å². The van der Waals surface area contributed by atoms with Crippen molar-refractivity contribution < 1.29 is 9.53 Å². The molecule has 4 aromatic rings. The average molecular weight is 433 g/mol. The maximum atomic E-state index is 12.9. The number of nitrogens with one attached hydrogen (secondary N) is 2. The number of halogens is 1. The van der Waals surface area contributed by atoms with Crippen molar-refractivity contribution in [2.45, 2.75) is 25.8 Å². The first-order valence-electron chi connectivity index (χ1n) is 10.4. The molecular formula is C26H25ClN2O2. The molecule has 0 fully saturated rings. The lowest BCUT2D eigenvalue weighted by molar-refractivity contribution is -0.121. The smallest absolute Gasteiger partial charge is 0.221 e. The molecule has 31 heavy (non-hydrogen) atoms. The Balaban J connectivity index is 1.62. The minimum Gasteiger partial charge on any atom is -0.494 e. The molecule has 1 heterocycles. The van der Waals surface area contributed by atoms with E-state index in [4.69, 9.17) is 16.3 Å². The summed E-state index contributed by atoms with van der Waals surface area (Å²) < 4.78 is 5.58. The highest BCUT2D eigenvalue weighted by Gasteiger charge is 2.22. The number of benzene rings is 3. The molecule has 0 spiro atoms. The molecule has 5 heteroatoms. The number of hydrogen-bond donors (Lipinski definition) is 2. The maximum absolute atomic E-state index is 12.9. The molecule has 0 aliphatic rings. The predicted molar refractivity (Wildman–Crippen MR) is 126 cm³/mol. The van der Waals surface area contributed by atoms with Gasteiger partial charge in [0, 0.05) is 41.0 Å². The molecule has 1 amide bonds. The fourth-order valence-corrected chi connectivity index (χ4v) is 4.00. The summed E-state index contributed by atoms with van der Waals surface area (Å²) in [5.74, 6) is 0.707. The number of fused-ring (bicyclic) bond motifs is 1. The Labute approximate surface area is 187 Å². The number of H-pyrrole nitrogens is 1. The van der Waals surface area contributed by atoms with Crippen LogP contribution in [0.4, 0.5) is 0 Å². The van der Waals surface area contributed by atoms with Crippen LogP contribution >= 0.6 is 11.6 Å². The Morgan fingerprint density at radius 2 is 1.84 bits per heavy atom. The van der Waals surface area contributed by atoms with Gasteiger partial charge in [-0.3, -0.25) is 4.79 Å².